The zero-order valence-corrected chi connectivity index (χ0v) is 15.1. The van der Waals surface area contributed by atoms with Crippen molar-refractivity contribution in [2.45, 2.75) is 6.54 Å². The molecule has 0 heterocycles. The van der Waals surface area contributed by atoms with Crippen molar-refractivity contribution < 1.29 is 9.53 Å². The van der Waals surface area contributed by atoms with E-state index >= 15 is 0 Å². The van der Waals surface area contributed by atoms with Crippen LogP contribution in [0.5, 0.6) is 5.75 Å². The number of hydrogen-bond donors (Lipinski definition) is 1. The first-order valence-electron chi connectivity index (χ1n) is 7.44. The van der Waals surface area contributed by atoms with E-state index in [1.54, 1.807) is 12.1 Å². The standard InChI is InChI=1S/C19H15BrClNO2/c20-19-16-4-2-1-3-14(16)7-10-17(19)24-12-18(23)22-11-13-5-8-15(21)9-6-13/h1-10H,11-12H2,(H,22,23). The van der Waals surface area contributed by atoms with Gasteiger partial charge in [-0.25, -0.2) is 0 Å². The van der Waals surface area contributed by atoms with Gasteiger partial charge in [0, 0.05) is 11.6 Å². The number of amides is 1. The first kappa shape index (κ1) is 16.8. The van der Waals surface area contributed by atoms with Gasteiger partial charge in [0.2, 0.25) is 0 Å². The summed E-state index contributed by atoms with van der Waals surface area (Å²) < 4.78 is 6.49. The summed E-state index contributed by atoms with van der Waals surface area (Å²) in [5.74, 6) is 0.473. The van der Waals surface area contributed by atoms with Crippen LogP contribution in [0.3, 0.4) is 0 Å². The fourth-order valence-electron chi connectivity index (χ4n) is 2.32. The summed E-state index contributed by atoms with van der Waals surface area (Å²) in [5.41, 5.74) is 0.986. The number of rotatable bonds is 5. The molecule has 0 radical (unpaired) electrons. The molecule has 3 nitrogen and oxygen atoms in total. The van der Waals surface area contributed by atoms with Crippen LogP contribution >= 0.6 is 27.5 Å². The molecule has 0 saturated heterocycles. The van der Waals surface area contributed by atoms with Crippen LogP contribution in [0.15, 0.2) is 65.1 Å². The molecule has 0 aromatic heterocycles. The van der Waals surface area contributed by atoms with Gasteiger partial charge in [-0.2, -0.15) is 0 Å². The molecular formula is C19H15BrClNO2. The molecule has 0 spiro atoms. The molecule has 0 unspecified atom stereocenters. The van der Waals surface area contributed by atoms with Crippen molar-refractivity contribution in [3.63, 3.8) is 0 Å². The lowest BCUT2D eigenvalue weighted by atomic mass is 10.1. The zero-order chi connectivity index (χ0) is 16.9. The zero-order valence-electron chi connectivity index (χ0n) is 12.8. The third-order valence-corrected chi connectivity index (χ3v) is 4.66. The van der Waals surface area contributed by atoms with Crippen LogP contribution < -0.4 is 10.1 Å². The van der Waals surface area contributed by atoms with Gasteiger partial charge in [0.05, 0.1) is 4.47 Å². The minimum Gasteiger partial charge on any atom is -0.483 e. The molecule has 0 atom stereocenters. The van der Waals surface area contributed by atoms with Gasteiger partial charge in [0.1, 0.15) is 5.75 Å². The largest absolute Gasteiger partial charge is 0.483 e. The van der Waals surface area contributed by atoms with Crippen molar-refractivity contribution in [3.05, 3.63) is 75.7 Å². The summed E-state index contributed by atoms with van der Waals surface area (Å²) in [5, 5.41) is 5.67. The van der Waals surface area contributed by atoms with E-state index in [4.69, 9.17) is 16.3 Å². The second-order valence-corrected chi connectivity index (χ2v) is 6.52. The normalized spacial score (nSPS) is 10.6. The van der Waals surface area contributed by atoms with Crippen molar-refractivity contribution in [2.75, 3.05) is 6.61 Å². The third kappa shape index (κ3) is 4.08. The number of fused-ring (bicyclic) bond motifs is 1. The Morgan fingerprint density at radius 2 is 1.79 bits per heavy atom. The van der Waals surface area contributed by atoms with Crippen LogP contribution in [-0.2, 0) is 11.3 Å². The lowest BCUT2D eigenvalue weighted by Gasteiger charge is -2.11. The maximum Gasteiger partial charge on any atom is 0.258 e. The third-order valence-electron chi connectivity index (χ3n) is 3.59. The molecule has 5 heteroatoms. The molecule has 3 aromatic rings. The maximum atomic E-state index is 12.0. The summed E-state index contributed by atoms with van der Waals surface area (Å²) in [4.78, 5) is 12.0. The number of carbonyl (C=O) groups is 1. The molecule has 0 bridgehead atoms. The molecule has 0 saturated carbocycles. The van der Waals surface area contributed by atoms with E-state index in [0.717, 1.165) is 20.8 Å². The van der Waals surface area contributed by atoms with Gasteiger partial charge in [-0.3, -0.25) is 4.79 Å². The number of nitrogens with one attached hydrogen (secondary N) is 1. The molecule has 0 aliphatic heterocycles. The van der Waals surface area contributed by atoms with Crippen molar-refractivity contribution in [1.82, 2.24) is 5.32 Å². The molecule has 0 fully saturated rings. The summed E-state index contributed by atoms with van der Waals surface area (Å²) in [6.07, 6.45) is 0. The van der Waals surface area contributed by atoms with Crippen LogP contribution in [-0.4, -0.2) is 12.5 Å². The molecule has 0 aliphatic carbocycles. The molecule has 3 aromatic carbocycles. The first-order chi connectivity index (χ1) is 11.6. The quantitative estimate of drug-likeness (QED) is 0.653. The number of halogens is 2. The molecule has 0 aliphatic rings. The Labute approximate surface area is 153 Å². The van der Waals surface area contributed by atoms with E-state index < -0.39 is 0 Å². The van der Waals surface area contributed by atoms with Crippen LogP contribution in [0.25, 0.3) is 10.8 Å². The molecule has 24 heavy (non-hydrogen) atoms. The summed E-state index contributed by atoms with van der Waals surface area (Å²) in [7, 11) is 0. The molecule has 1 amide bonds. The minimum atomic E-state index is -0.176. The predicted molar refractivity (Wildman–Crippen MR) is 100 cm³/mol. The summed E-state index contributed by atoms with van der Waals surface area (Å²) >= 11 is 9.38. The Hall–Kier alpha value is -2.04. The van der Waals surface area contributed by atoms with E-state index in [1.807, 2.05) is 48.5 Å². The number of benzene rings is 3. The Kier molecular flexibility index (Phi) is 5.38. The molecule has 1 N–H and O–H groups in total. The molecular weight excluding hydrogens is 390 g/mol. The van der Waals surface area contributed by atoms with Crippen LogP contribution in [0.4, 0.5) is 0 Å². The smallest absolute Gasteiger partial charge is 0.258 e. The van der Waals surface area contributed by atoms with Gasteiger partial charge in [-0.1, -0.05) is 54.1 Å². The Morgan fingerprint density at radius 1 is 1.04 bits per heavy atom. The topological polar surface area (TPSA) is 38.3 Å². The van der Waals surface area contributed by atoms with Crippen LogP contribution in [0.2, 0.25) is 5.02 Å². The van der Waals surface area contributed by atoms with Crippen LogP contribution in [0, 0.1) is 0 Å². The highest BCUT2D eigenvalue weighted by molar-refractivity contribution is 9.10. The fraction of sp³-hybridized carbons (Fsp3) is 0.105. The number of hydrogen-bond acceptors (Lipinski definition) is 2. The Morgan fingerprint density at radius 3 is 2.58 bits per heavy atom. The minimum absolute atomic E-state index is 0.0372. The highest BCUT2D eigenvalue weighted by atomic mass is 79.9. The van der Waals surface area contributed by atoms with E-state index in [1.165, 1.54) is 0 Å². The first-order valence-corrected chi connectivity index (χ1v) is 8.62. The van der Waals surface area contributed by atoms with E-state index in [2.05, 4.69) is 21.2 Å². The second-order valence-electron chi connectivity index (χ2n) is 5.29. The van der Waals surface area contributed by atoms with E-state index in [0.29, 0.717) is 17.3 Å². The van der Waals surface area contributed by atoms with Crippen molar-refractivity contribution >= 4 is 44.2 Å². The fourth-order valence-corrected chi connectivity index (χ4v) is 3.06. The van der Waals surface area contributed by atoms with Gasteiger partial charge in [0.25, 0.3) is 5.91 Å². The highest BCUT2D eigenvalue weighted by Crippen LogP contribution is 2.32. The van der Waals surface area contributed by atoms with Crippen LogP contribution in [0.1, 0.15) is 5.56 Å². The lowest BCUT2D eigenvalue weighted by molar-refractivity contribution is -0.123. The maximum absolute atomic E-state index is 12.0. The Balaban J connectivity index is 1.58. The predicted octanol–water partition coefficient (Wildman–Crippen LogP) is 4.95. The monoisotopic (exact) mass is 403 g/mol. The van der Waals surface area contributed by atoms with Crippen molar-refractivity contribution in [3.8, 4) is 5.75 Å². The van der Waals surface area contributed by atoms with E-state index in [-0.39, 0.29) is 12.5 Å². The van der Waals surface area contributed by atoms with Gasteiger partial charge in [0.15, 0.2) is 6.61 Å². The average molecular weight is 405 g/mol. The highest BCUT2D eigenvalue weighted by Gasteiger charge is 2.08. The summed E-state index contributed by atoms with van der Waals surface area (Å²) in [6.45, 7) is 0.406. The molecule has 3 rings (SSSR count). The van der Waals surface area contributed by atoms with E-state index in [9.17, 15) is 4.79 Å². The summed E-state index contributed by atoms with van der Waals surface area (Å²) in [6, 6.07) is 19.2. The lowest BCUT2D eigenvalue weighted by Crippen LogP contribution is -2.28. The SMILES string of the molecule is O=C(COc1ccc2ccccc2c1Br)NCc1ccc(Cl)cc1. The number of ether oxygens (including phenoxy) is 1. The van der Waals surface area contributed by atoms with Crippen molar-refractivity contribution in [1.29, 1.82) is 0 Å². The van der Waals surface area contributed by atoms with Crippen molar-refractivity contribution in [2.24, 2.45) is 0 Å². The van der Waals surface area contributed by atoms with Gasteiger partial charge >= 0.3 is 0 Å². The number of carbonyl (C=O) groups excluding carboxylic acids is 1. The average Bonchev–Trinajstić information content (AvgIpc) is 2.61. The Bertz CT molecular complexity index is 865. The van der Waals surface area contributed by atoms with Gasteiger partial charge in [-0.05, 0) is 50.5 Å². The second kappa shape index (κ2) is 7.69. The molecule has 122 valence electrons. The van der Waals surface area contributed by atoms with Gasteiger partial charge in [-0.15, -0.1) is 0 Å². The van der Waals surface area contributed by atoms with Gasteiger partial charge < -0.3 is 10.1 Å².